The van der Waals surface area contributed by atoms with Crippen LogP contribution in [0, 0.1) is 11.6 Å². The molecule has 0 aliphatic rings. The van der Waals surface area contributed by atoms with Crippen LogP contribution in [0.2, 0.25) is 0 Å². The highest BCUT2D eigenvalue weighted by molar-refractivity contribution is 6.04. The van der Waals surface area contributed by atoms with Gasteiger partial charge < -0.3 is 10.4 Å². The van der Waals surface area contributed by atoms with Crippen LogP contribution < -0.4 is 5.32 Å². The zero-order valence-corrected chi connectivity index (χ0v) is 10.8. The Hall–Kier alpha value is -2.76. The molecule has 6 heteroatoms. The van der Waals surface area contributed by atoms with Gasteiger partial charge in [-0.3, -0.25) is 4.79 Å². The van der Waals surface area contributed by atoms with E-state index in [9.17, 15) is 18.4 Å². The third-order valence-corrected chi connectivity index (χ3v) is 2.83. The lowest BCUT2D eigenvalue weighted by atomic mass is 10.1. The molecule has 0 aliphatic carbocycles. The molecule has 0 spiro atoms. The maximum absolute atomic E-state index is 13.2. The molecule has 0 aliphatic heterocycles. The minimum absolute atomic E-state index is 0.151. The van der Waals surface area contributed by atoms with E-state index in [4.69, 9.17) is 5.11 Å². The van der Waals surface area contributed by atoms with Crippen LogP contribution in [0.1, 0.15) is 26.3 Å². The van der Waals surface area contributed by atoms with Gasteiger partial charge >= 0.3 is 5.97 Å². The number of hydrogen-bond donors (Lipinski definition) is 2. The number of rotatable bonds is 4. The summed E-state index contributed by atoms with van der Waals surface area (Å²) in [5.74, 6) is -4.87. The molecular formula is C15H11F2NO3. The number of carbonyl (C=O) groups excluding carboxylic acids is 1. The Morgan fingerprint density at radius 1 is 1.00 bits per heavy atom. The Balaban J connectivity index is 2.22. The van der Waals surface area contributed by atoms with Gasteiger partial charge in [-0.15, -0.1) is 0 Å². The molecule has 108 valence electrons. The summed E-state index contributed by atoms with van der Waals surface area (Å²) in [6, 6.07) is 9.98. The molecule has 0 radical (unpaired) electrons. The molecule has 0 saturated carbocycles. The normalized spacial score (nSPS) is 10.2. The van der Waals surface area contributed by atoms with Gasteiger partial charge in [0.25, 0.3) is 5.91 Å². The van der Waals surface area contributed by atoms with Gasteiger partial charge in [0.15, 0.2) is 11.6 Å². The number of carboxylic acid groups (broad SMARTS) is 1. The maximum atomic E-state index is 13.2. The van der Waals surface area contributed by atoms with E-state index in [0.717, 1.165) is 5.56 Å². The summed E-state index contributed by atoms with van der Waals surface area (Å²) < 4.78 is 26.3. The van der Waals surface area contributed by atoms with Gasteiger partial charge in [0, 0.05) is 6.54 Å². The number of halogens is 2. The summed E-state index contributed by atoms with van der Waals surface area (Å²) in [6.07, 6.45) is 0. The standard InChI is InChI=1S/C15H11F2NO3/c16-12-6-10(11(15(20)21)7-13(12)17)14(19)18-8-9-4-2-1-3-5-9/h1-7H,8H2,(H,18,19)(H,20,21). The Kier molecular flexibility index (Phi) is 4.27. The Labute approximate surface area is 119 Å². The second-order valence-electron chi connectivity index (χ2n) is 4.29. The van der Waals surface area contributed by atoms with Gasteiger partial charge in [0.2, 0.25) is 0 Å². The molecular weight excluding hydrogens is 280 g/mol. The first kappa shape index (κ1) is 14.6. The smallest absolute Gasteiger partial charge is 0.336 e. The fourth-order valence-corrected chi connectivity index (χ4v) is 1.79. The molecule has 2 rings (SSSR count). The molecule has 0 unspecified atom stereocenters. The number of carboxylic acids is 1. The third kappa shape index (κ3) is 3.42. The molecule has 21 heavy (non-hydrogen) atoms. The highest BCUT2D eigenvalue weighted by atomic mass is 19.2. The van der Waals surface area contributed by atoms with Crippen LogP contribution in [0.5, 0.6) is 0 Å². The fourth-order valence-electron chi connectivity index (χ4n) is 1.79. The van der Waals surface area contributed by atoms with Gasteiger partial charge in [-0.1, -0.05) is 30.3 Å². The van der Waals surface area contributed by atoms with Gasteiger partial charge in [-0.05, 0) is 17.7 Å². The zero-order valence-electron chi connectivity index (χ0n) is 10.8. The molecule has 0 bridgehead atoms. The first-order chi connectivity index (χ1) is 9.99. The predicted molar refractivity (Wildman–Crippen MR) is 70.9 cm³/mol. The molecule has 2 aromatic carbocycles. The van der Waals surface area contributed by atoms with E-state index in [1.165, 1.54) is 0 Å². The van der Waals surface area contributed by atoms with Gasteiger partial charge in [0.05, 0.1) is 11.1 Å². The van der Waals surface area contributed by atoms with Crippen molar-refractivity contribution < 1.29 is 23.5 Å². The lowest BCUT2D eigenvalue weighted by Gasteiger charge is -2.08. The van der Waals surface area contributed by atoms with E-state index in [-0.39, 0.29) is 6.54 Å². The lowest BCUT2D eigenvalue weighted by molar-refractivity contribution is 0.0690. The Morgan fingerprint density at radius 3 is 2.14 bits per heavy atom. The van der Waals surface area contributed by atoms with Crippen LogP contribution in [0.4, 0.5) is 8.78 Å². The van der Waals surface area contributed by atoms with Crippen molar-refractivity contribution in [1.82, 2.24) is 5.32 Å². The molecule has 0 saturated heterocycles. The summed E-state index contributed by atoms with van der Waals surface area (Å²) in [6.45, 7) is 0.151. The zero-order chi connectivity index (χ0) is 15.4. The van der Waals surface area contributed by atoms with Crippen LogP contribution >= 0.6 is 0 Å². The van der Waals surface area contributed by atoms with Crippen LogP contribution in [-0.4, -0.2) is 17.0 Å². The molecule has 2 N–H and O–H groups in total. The van der Waals surface area contributed by atoms with E-state index >= 15 is 0 Å². The molecule has 1 amide bonds. The number of hydrogen-bond acceptors (Lipinski definition) is 2. The number of benzene rings is 2. The van der Waals surface area contributed by atoms with E-state index in [1.54, 1.807) is 24.3 Å². The number of aromatic carboxylic acids is 1. The highest BCUT2D eigenvalue weighted by Crippen LogP contribution is 2.15. The number of nitrogens with one attached hydrogen (secondary N) is 1. The van der Waals surface area contributed by atoms with Crippen molar-refractivity contribution in [3.63, 3.8) is 0 Å². The summed E-state index contributed by atoms with van der Waals surface area (Å²) in [5, 5.41) is 11.4. The van der Waals surface area contributed by atoms with E-state index < -0.39 is 34.6 Å². The van der Waals surface area contributed by atoms with Gasteiger partial charge in [-0.2, -0.15) is 0 Å². The monoisotopic (exact) mass is 291 g/mol. The van der Waals surface area contributed by atoms with Crippen molar-refractivity contribution >= 4 is 11.9 Å². The molecule has 0 atom stereocenters. The van der Waals surface area contributed by atoms with Crippen molar-refractivity contribution in [2.24, 2.45) is 0 Å². The second-order valence-corrected chi connectivity index (χ2v) is 4.29. The van der Waals surface area contributed by atoms with Crippen LogP contribution in [-0.2, 0) is 6.54 Å². The van der Waals surface area contributed by atoms with E-state index in [2.05, 4.69) is 5.32 Å². The summed E-state index contributed by atoms with van der Waals surface area (Å²) in [4.78, 5) is 22.9. The summed E-state index contributed by atoms with van der Waals surface area (Å²) >= 11 is 0. The maximum Gasteiger partial charge on any atom is 0.336 e. The van der Waals surface area contributed by atoms with E-state index in [1.807, 2.05) is 6.07 Å². The van der Waals surface area contributed by atoms with Crippen LogP contribution in [0.15, 0.2) is 42.5 Å². The molecule has 2 aromatic rings. The number of carbonyl (C=O) groups is 2. The number of amides is 1. The van der Waals surface area contributed by atoms with Gasteiger partial charge in [-0.25, -0.2) is 13.6 Å². The topological polar surface area (TPSA) is 66.4 Å². The minimum Gasteiger partial charge on any atom is -0.478 e. The van der Waals surface area contributed by atoms with Crippen molar-refractivity contribution in [1.29, 1.82) is 0 Å². The predicted octanol–water partition coefficient (Wildman–Crippen LogP) is 2.59. The summed E-state index contributed by atoms with van der Waals surface area (Å²) in [7, 11) is 0. The fraction of sp³-hybridized carbons (Fsp3) is 0.0667. The lowest BCUT2D eigenvalue weighted by Crippen LogP contribution is -2.25. The van der Waals surface area contributed by atoms with Crippen molar-refractivity contribution in [2.75, 3.05) is 0 Å². The van der Waals surface area contributed by atoms with Crippen LogP contribution in [0.3, 0.4) is 0 Å². The largest absolute Gasteiger partial charge is 0.478 e. The first-order valence-electron chi connectivity index (χ1n) is 6.03. The highest BCUT2D eigenvalue weighted by Gasteiger charge is 2.20. The SMILES string of the molecule is O=C(O)c1cc(F)c(F)cc1C(=O)NCc1ccccc1. The Morgan fingerprint density at radius 2 is 1.57 bits per heavy atom. The molecule has 0 aromatic heterocycles. The first-order valence-corrected chi connectivity index (χ1v) is 6.03. The van der Waals surface area contributed by atoms with Crippen molar-refractivity contribution in [3.05, 3.63) is 70.8 Å². The second kappa shape index (κ2) is 6.13. The summed E-state index contributed by atoms with van der Waals surface area (Å²) in [5.41, 5.74) is -0.206. The van der Waals surface area contributed by atoms with Crippen molar-refractivity contribution in [3.8, 4) is 0 Å². The van der Waals surface area contributed by atoms with E-state index in [0.29, 0.717) is 12.1 Å². The van der Waals surface area contributed by atoms with Crippen molar-refractivity contribution in [2.45, 2.75) is 6.54 Å². The molecule has 0 heterocycles. The third-order valence-electron chi connectivity index (χ3n) is 2.83. The van der Waals surface area contributed by atoms with Crippen LogP contribution in [0.25, 0.3) is 0 Å². The Bertz CT molecular complexity index is 687. The molecule has 0 fully saturated rings. The average molecular weight is 291 g/mol. The van der Waals surface area contributed by atoms with Gasteiger partial charge in [0.1, 0.15) is 0 Å². The molecule has 4 nitrogen and oxygen atoms in total. The minimum atomic E-state index is -1.50. The quantitative estimate of drug-likeness (QED) is 0.910. The average Bonchev–Trinajstić information content (AvgIpc) is 2.48.